The number of imide groups is 1. The lowest BCUT2D eigenvalue weighted by Crippen LogP contribution is -2.49. The summed E-state index contributed by atoms with van der Waals surface area (Å²) < 4.78 is 0. The number of carboxylic acid groups (broad SMARTS) is 1. The third-order valence-corrected chi connectivity index (χ3v) is 6.27. The lowest BCUT2D eigenvalue weighted by molar-refractivity contribution is -0.137. The number of carbonyl (C=O) groups is 3. The standard InChI is InChI=1S/C33H30N2O4/c1-2-20-35(32(38)28-16-8-12-25(21-28)19-18-24-10-4-3-5-11-24)33(39)34-29(23-31(36)37)22-27-15-9-14-26-13-6-7-17-30(26)27/h3-17,21,29H,2,20,22-23H2,1H3,(H,34,39)(H,36,37). The lowest BCUT2D eigenvalue weighted by Gasteiger charge is -2.25. The Morgan fingerprint density at radius 2 is 1.51 bits per heavy atom. The second-order valence-electron chi connectivity index (χ2n) is 9.24. The molecule has 0 bridgehead atoms. The number of carboxylic acids is 1. The van der Waals surface area contributed by atoms with Crippen LogP contribution in [0.1, 0.15) is 46.8 Å². The van der Waals surface area contributed by atoms with E-state index in [4.69, 9.17) is 0 Å². The number of fused-ring (bicyclic) bond motifs is 1. The maximum atomic E-state index is 13.4. The first-order chi connectivity index (χ1) is 18.9. The van der Waals surface area contributed by atoms with Crippen molar-refractivity contribution < 1.29 is 19.5 Å². The molecule has 0 saturated carbocycles. The fraction of sp³-hybridized carbons (Fsp3) is 0.182. The molecule has 2 N–H and O–H groups in total. The van der Waals surface area contributed by atoms with E-state index in [1.165, 1.54) is 0 Å². The fourth-order valence-corrected chi connectivity index (χ4v) is 4.44. The van der Waals surface area contributed by atoms with Crippen molar-refractivity contribution in [3.63, 3.8) is 0 Å². The van der Waals surface area contributed by atoms with Crippen LogP contribution in [0.4, 0.5) is 4.79 Å². The van der Waals surface area contributed by atoms with Crippen molar-refractivity contribution in [2.75, 3.05) is 6.54 Å². The third kappa shape index (κ3) is 7.33. The van der Waals surface area contributed by atoms with Gasteiger partial charge in [-0.3, -0.25) is 14.5 Å². The first-order valence-corrected chi connectivity index (χ1v) is 12.9. The molecule has 0 heterocycles. The normalized spacial score (nSPS) is 11.2. The predicted molar refractivity (Wildman–Crippen MR) is 152 cm³/mol. The summed E-state index contributed by atoms with van der Waals surface area (Å²) in [6, 6.07) is 28.8. The number of nitrogens with one attached hydrogen (secondary N) is 1. The minimum absolute atomic E-state index is 0.193. The molecule has 0 aromatic heterocycles. The fourth-order valence-electron chi connectivity index (χ4n) is 4.44. The van der Waals surface area contributed by atoms with Crippen LogP contribution in [0.25, 0.3) is 10.8 Å². The number of nitrogens with zero attached hydrogens (tertiary/aromatic N) is 1. The second-order valence-corrected chi connectivity index (χ2v) is 9.24. The first kappa shape index (κ1) is 27.2. The highest BCUT2D eigenvalue weighted by molar-refractivity contribution is 6.04. The van der Waals surface area contributed by atoms with Crippen molar-refractivity contribution in [2.24, 2.45) is 0 Å². The van der Waals surface area contributed by atoms with Crippen LogP contribution < -0.4 is 5.32 Å². The monoisotopic (exact) mass is 518 g/mol. The molecule has 4 aromatic rings. The number of amides is 3. The summed E-state index contributed by atoms with van der Waals surface area (Å²) in [5, 5.41) is 14.4. The van der Waals surface area contributed by atoms with E-state index in [2.05, 4.69) is 17.2 Å². The molecule has 0 fully saturated rings. The zero-order valence-electron chi connectivity index (χ0n) is 21.8. The molecule has 0 aliphatic rings. The van der Waals surface area contributed by atoms with Crippen LogP contribution in [0.3, 0.4) is 0 Å². The maximum absolute atomic E-state index is 13.4. The molecule has 196 valence electrons. The van der Waals surface area contributed by atoms with Crippen molar-refractivity contribution >= 4 is 28.7 Å². The van der Waals surface area contributed by atoms with Gasteiger partial charge < -0.3 is 10.4 Å². The number of urea groups is 1. The first-order valence-electron chi connectivity index (χ1n) is 12.9. The molecular weight excluding hydrogens is 488 g/mol. The van der Waals surface area contributed by atoms with Gasteiger partial charge in [0.2, 0.25) is 0 Å². The van der Waals surface area contributed by atoms with Crippen LogP contribution in [0.5, 0.6) is 0 Å². The molecule has 6 nitrogen and oxygen atoms in total. The minimum Gasteiger partial charge on any atom is -0.481 e. The van der Waals surface area contributed by atoms with Gasteiger partial charge in [0.05, 0.1) is 6.42 Å². The van der Waals surface area contributed by atoms with Crippen LogP contribution >= 0.6 is 0 Å². The van der Waals surface area contributed by atoms with Crippen LogP contribution in [-0.2, 0) is 11.2 Å². The molecule has 3 amide bonds. The maximum Gasteiger partial charge on any atom is 0.324 e. The molecule has 0 aliphatic carbocycles. The van der Waals surface area contributed by atoms with Gasteiger partial charge in [-0.2, -0.15) is 0 Å². The Morgan fingerprint density at radius 3 is 2.28 bits per heavy atom. The lowest BCUT2D eigenvalue weighted by atomic mass is 9.97. The van der Waals surface area contributed by atoms with Gasteiger partial charge in [-0.25, -0.2) is 4.79 Å². The van der Waals surface area contributed by atoms with Crippen LogP contribution in [0.2, 0.25) is 0 Å². The Kier molecular flexibility index (Phi) is 9.10. The second kappa shape index (κ2) is 13.1. The zero-order valence-corrected chi connectivity index (χ0v) is 21.8. The minimum atomic E-state index is -1.03. The van der Waals surface area contributed by atoms with Gasteiger partial charge in [-0.1, -0.05) is 85.5 Å². The summed E-state index contributed by atoms with van der Waals surface area (Å²) in [6.07, 6.45) is 0.603. The van der Waals surface area contributed by atoms with Crippen molar-refractivity contribution in [2.45, 2.75) is 32.2 Å². The van der Waals surface area contributed by atoms with E-state index in [0.717, 1.165) is 26.8 Å². The largest absolute Gasteiger partial charge is 0.481 e. The molecule has 0 radical (unpaired) electrons. The zero-order chi connectivity index (χ0) is 27.6. The van der Waals surface area contributed by atoms with Gasteiger partial charge in [-0.05, 0) is 59.5 Å². The van der Waals surface area contributed by atoms with E-state index in [1.54, 1.807) is 18.2 Å². The molecule has 4 rings (SSSR count). The molecule has 0 saturated heterocycles. The molecule has 0 aliphatic heterocycles. The quantitative estimate of drug-likeness (QED) is 0.285. The van der Waals surface area contributed by atoms with E-state index >= 15 is 0 Å². The van der Waals surface area contributed by atoms with Crippen LogP contribution in [0, 0.1) is 11.8 Å². The number of carbonyl (C=O) groups excluding carboxylic acids is 2. The average molecular weight is 519 g/mol. The molecule has 0 spiro atoms. The average Bonchev–Trinajstić information content (AvgIpc) is 2.95. The SMILES string of the molecule is CCCN(C(=O)NC(CC(=O)O)Cc1cccc2ccccc12)C(=O)c1cccc(C#Cc2ccccc2)c1. The number of hydrogen-bond donors (Lipinski definition) is 2. The van der Waals surface area contributed by atoms with Gasteiger partial charge in [0.15, 0.2) is 0 Å². The smallest absolute Gasteiger partial charge is 0.324 e. The number of benzene rings is 4. The highest BCUT2D eigenvalue weighted by Gasteiger charge is 2.26. The van der Waals surface area contributed by atoms with E-state index in [1.807, 2.05) is 85.8 Å². The Balaban J connectivity index is 1.54. The van der Waals surface area contributed by atoms with E-state index in [9.17, 15) is 19.5 Å². The Morgan fingerprint density at radius 1 is 0.846 bits per heavy atom. The Hall–Kier alpha value is -4.89. The number of hydrogen-bond acceptors (Lipinski definition) is 3. The summed E-state index contributed by atoms with van der Waals surface area (Å²) in [5.41, 5.74) is 2.78. The Labute approximate surface area is 228 Å². The van der Waals surface area contributed by atoms with Gasteiger partial charge in [0, 0.05) is 29.3 Å². The summed E-state index contributed by atoms with van der Waals surface area (Å²) in [6.45, 7) is 2.07. The van der Waals surface area contributed by atoms with Crippen LogP contribution in [0.15, 0.2) is 97.1 Å². The molecule has 6 heteroatoms. The van der Waals surface area contributed by atoms with Crippen molar-refractivity contribution in [1.29, 1.82) is 0 Å². The van der Waals surface area contributed by atoms with Gasteiger partial charge in [-0.15, -0.1) is 0 Å². The summed E-state index contributed by atoms with van der Waals surface area (Å²) >= 11 is 0. The third-order valence-electron chi connectivity index (χ3n) is 6.27. The summed E-state index contributed by atoms with van der Waals surface area (Å²) in [4.78, 5) is 39.6. The predicted octanol–water partition coefficient (Wildman–Crippen LogP) is 5.89. The molecule has 1 atom stereocenters. The topological polar surface area (TPSA) is 86.7 Å². The van der Waals surface area contributed by atoms with Gasteiger partial charge >= 0.3 is 12.0 Å². The van der Waals surface area contributed by atoms with Crippen molar-refractivity contribution in [3.05, 3.63) is 119 Å². The van der Waals surface area contributed by atoms with Crippen LogP contribution in [-0.4, -0.2) is 40.5 Å². The summed E-state index contributed by atoms with van der Waals surface area (Å²) in [5.74, 6) is 4.65. The van der Waals surface area contributed by atoms with Crippen molar-refractivity contribution in [1.82, 2.24) is 10.2 Å². The van der Waals surface area contributed by atoms with Crippen molar-refractivity contribution in [3.8, 4) is 11.8 Å². The van der Waals surface area contributed by atoms with E-state index < -0.39 is 23.9 Å². The van der Waals surface area contributed by atoms with E-state index in [0.29, 0.717) is 24.0 Å². The summed E-state index contributed by atoms with van der Waals surface area (Å²) in [7, 11) is 0. The molecular formula is C33H30N2O4. The highest BCUT2D eigenvalue weighted by Crippen LogP contribution is 2.21. The van der Waals surface area contributed by atoms with E-state index in [-0.39, 0.29) is 13.0 Å². The molecule has 39 heavy (non-hydrogen) atoms. The number of rotatable bonds is 8. The number of aliphatic carboxylic acids is 1. The molecule has 1 unspecified atom stereocenters. The highest BCUT2D eigenvalue weighted by atomic mass is 16.4. The van der Waals surface area contributed by atoms with Gasteiger partial charge in [0.1, 0.15) is 0 Å². The van der Waals surface area contributed by atoms with Gasteiger partial charge in [0.25, 0.3) is 5.91 Å². The Bertz CT molecular complexity index is 1530. The molecule has 4 aromatic carbocycles.